The van der Waals surface area contributed by atoms with Crippen molar-refractivity contribution in [2.24, 2.45) is 21.7 Å². The molecular weight excluding hydrogens is 375 g/mol. The van der Waals surface area contributed by atoms with E-state index in [1.165, 1.54) is 0 Å². The Morgan fingerprint density at radius 1 is 0.840 bits per heavy atom. The number of nitrogens with two attached hydrogens (primary N) is 2. The second-order valence-corrected chi connectivity index (χ2v) is 7.17. The number of hydrogen-bond acceptors (Lipinski definition) is 3. The summed E-state index contributed by atoms with van der Waals surface area (Å²) in [6.45, 7) is 0. The fourth-order valence-corrected chi connectivity index (χ4v) is 3.76. The van der Waals surface area contributed by atoms with Gasteiger partial charge in [-0.15, -0.1) is 16.4 Å². The van der Waals surface area contributed by atoms with E-state index in [1.54, 1.807) is 23.6 Å². The predicted octanol–water partition coefficient (Wildman–Crippen LogP) is 5.00. The Kier molecular flexibility index (Phi) is 5.38. The second-order valence-electron chi connectivity index (χ2n) is 5.21. The van der Waals surface area contributed by atoms with Gasteiger partial charge in [0.2, 0.25) is 5.96 Å². The van der Waals surface area contributed by atoms with Crippen molar-refractivity contribution < 1.29 is 0 Å². The Balaban J connectivity index is 1.82. The lowest BCUT2D eigenvalue weighted by molar-refractivity contribution is 1.21. The van der Waals surface area contributed by atoms with E-state index in [4.69, 9.17) is 34.7 Å². The van der Waals surface area contributed by atoms with Crippen LogP contribution >= 0.6 is 34.5 Å². The van der Waals surface area contributed by atoms with Gasteiger partial charge in [0.05, 0.1) is 6.21 Å². The zero-order valence-electron chi connectivity index (χ0n) is 13.0. The van der Waals surface area contributed by atoms with Gasteiger partial charge in [-0.2, -0.15) is 5.10 Å². The minimum atomic E-state index is -0.0693. The van der Waals surface area contributed by atoms with E-state index in [1.807, 2.05) is 36.4 Å². The van der Waals surface area contributed by atoms with Gasteiger partial charge in [0.25, 0.3) is 0 Å². The van der Waals surface area contributed by atoms with Gasteiger partial charge < -0.3 is 11.5 Å². The maximum atomic E-state index is 6.09. The van der Waals surface area contributed by atoms with E-state index in [-0.39, 0.29) is 5.96 Å². The Morgan fingerprint density at radius 3 is 2.04 bits per heavy atom. The zero-order chi connectivity index (χ0) is 17.8. The molecule has 2 aromatic carbocycles. The molecule has 3 aromatic rings. The van der Waals surface area contributed by atoms with Gasteiger partial charge in [-0.05, 0) is 47.0 Å². The van der Waals surface area contributed by atoms with Crippen molar-refractivity contribution in [3.05, 3.63) is 70.2 Å². The smallest absolute Gasteiger partial charge is 0.211 e. The lowest BCUT2D eigenvalue weighted by Gasteiger charge is -2.01. The fourth-order valence-electron chi connectivity index (χ4n) is 2.24. The van der Waals surface area contributed by atoms with Gasteiger partial charge in [-0.25, -0.2) is 0 Å². The Labute approximate surface area is 159 Å². The van der Waals surface area contributed by atoms with Crippen molar-refractivity contribution in [2.75, 3.05) is 0 Å². The first-order chi connectivity index (χ1) is 12.0. The molecule has 1 heterocycles. The zero-order valence-corrected chi connectivity index (χ0v) is 15.3. The number of thiophene rings is 1. The van der Waals surface area contributed by atoms with Crippen LogP contribution in [0, 0.1) is 0 Å². The van der Waals surface area contributed by atoms with E-state index >= 15 is 0 Å². The third-order valence-corrected chi connectivity index (χ3v) is 4.95. The molecule has 0 bridgehead atoms. The van der Waals surface area contributed by atoms with Crippen LogP contribution in [0.2, 0.25) is 10.0 Å². The quantitative estimate of drug-likeness (QED) is 0.374. The molecule has 25 heavy (non-hydrogen) atoms. The lowest BCUT2D eigenvalue weighted by atomic mass is 10.1. The number of rotatable bonds is 4. The first-order valence-electron chi connectivity index (χ1n) is 7.30. The first kappa shape index (κ1) is 17.5. The fraction of sp³-hybridized carbons (Fsp3) is 0. The summed E-state index contributed by atoms with van der Waals surface area (Å²) in [6, 6.07) is 17.7. The molecule has 4 nitrogen and oxygen atoms in total. The Morgan fingerprint density at radius 2 is 1.44 bits per heavy atom. The lowest BCUT2D eigenvalue weighted by Crippen LogP contribution is -2.21. The van der Waals surface area contributed by atoms with Crippen LogP contribution in [0.5, 0.6) is 0 Å². The molecule has 0 aliphatic rings. The molecule has 0 aliphatic carbocycles. The molecule has 3 rings (SSSR count). The van der Waals surface area contributed by atoms with Gasteiger partial charge in [-0.3, -0.25) is 0 Å². The van der Waals surface area contributed by atoms with Crippen LogP contribution in [0.25, 0.3) is 20.9 Å². The molecule has 1 aromatic heterocycles. The van der Waals surface area contributed by atoms with Crippen LogP contribution in [0.4, 0.5) is 0 Å². The van der Waals surface area contributed by atoms with E-state index in [2.05, 4.69) is 22.3 Å². The maximum absolute atomic E-state index is 6.09. The van der Waals surface area contributed by atoms with Crippen LogP contribution in [0.1, 0.15) is 5.56 Å². The van der Waals surface area contributed by atoms with Gasteiger partial charge in [-0.1, -0.05) is 47.5 Å². The van der Waals surface area contributed by atoms with E-state index in [9.17, 15) is 0 Å². The number of hydrogen-bond donors (Lipinski definition) is 2. The average Bonchev–Trinajstić information content (AvgIpc) is 3.04. The van der Waals surface area contributed by atoms with E-state index in [0.29, 0.717) is 10.0 Å². The minimum absolute atomic E-state index is 0.0693. The van der Waals surface area contributed by atoms with Crippen molar-refractivity contribution in [3.8, 4) is 20.9 Å². The summed E-state index contributed by atoms with van der Waals surface area (Å²) in [4.78, 5) is 2.26. The number of guanidine groups is 1. The van der Waals surface area contributed by atoms with Crippen LogP contribution in [0.15, 0.2) is 64.8 Å². The van der Waals surface area contributed by atoms with Crippen LogP contribution in [-0.4, -0.2) is 12.2 Å². The molecule has 0 aliphatic heterocycles. The van der Waals surface area contributed by atoms with Crippen LogP contribution in [-0.2, 0) is 0 Å². The third kappa shape index (κ3) is 4.60. The van der Waals surface area contributed by atoms with Gasteiger partial charge >= 0.3 is 0 Å². The molecule has 7 heteroatoms. The van der Waals surface area contributed by atoms with Crippen molar-refractivity contribution in [3.63, 3.8) is 0 Å². The highest BCUT2D eigenvalue weighted by Gasteiger charge is 2.07. The highest BCUT2D eigenvalue weighted by atomic mass is 35.5. The molecule has 0 spiro atoms. The highest BCUT2D eigenvalue weighted by Crippen LogP contribution is 2.36. The summed E-state index contributed by atoms with van der Waals surface area (Å²) in [5.74, 6) is -0.0693. The molecule has 0 atom stereocenters. The number of halogens is 2. The van der Waals surface area contributed by atoms with Crippen molar-refractivity contribution in [1.82, 2.24) is 0 Å². The molecule has 4 N–H and O–H groups in total. The number of nitrogens with zero attached hydrogens (tertiary/aromatic N) is 2. The van der Waals surface area contributed by atoms with Crippen LogP contribution < -0.4 is 11.5 Å². The Bertz CT molecular complexity index is 922. The van der Waals surface area contributed by atoms with Gasteiger partial charge in [0.1, 0.15) is 0 Å². The summed E-state index contributed by atoms with van der Waals surface area (Å²) in [5, 5.41) is 8.62. The first-order valence-corrected chi connectivity index (χ1v) is 8.87. The van der Waals surface area contributed by atoms with E-state index in [0.717, 1.165) is 26.4 Å². The summed E-state index contributed by atoms with van der Waals surface area (Å²) < 4.78 is 0. The number of benzene rings is 2. The topological polar surface area (TPSA) is 76.8 Å². The minimum Gasteiger partial charge on any atom is -0.369 e. The standard InChI is InChI=1S/C18H14Cl2N4S/c19-14-7-13(8-15(20)9-14)17-6-5-16(25-17)12-3-1-11(2-4-12)10-23-24-18(21)22/h1-10H,(H4,21,22,24)/b23-10+. The summed E-state index contributed by atoms with van der Waals surface area (Å²) in [6.07, 6.45) is 1.59. The molecule has 0 saturated carbocycles. The third-order valence-electron chi connectivity index (χ3n) is 3.33. The molecular formula is C18H14Cl2N4S. The molecule has 0 fully saturated rings. The predicted molar refractivity (Wildman–Crippen MR) is 109 cm³/mol. The van der Waals surface area contributed by atoms with Crippen LogP contribution in [0.3, 0.4) is 0 Å². The van der Waals surface area contributed by atoms with E-state index < -0.39 is 0 Å². The van der Waals surface area contributed by atoms with Crippen molar-refractivity contribution in [2.45, 2.75) is 0 Å². The van der Waals surface area contributed by atoms with Crippen molar-refractivity contribution in [1.29, 1.82) is 0 Å². The van der Waals surface area contributed by atoms with Crippen molar-refractivity contribution >= 4 is 46.7 Å². The SMILES string of the molecule is NC(N)=N/N=C/c1ccc(-c2ccc(-c3cc(Cl)cc(Cl)c3)s2)cc1. The molecule has 0 saturated heterocycles. The maximum Gasteiger partial charge on any atom is 0.211 e. The largest absolute Gasteiger partial charge is 0.369 e. The normalized spacial score (nSPS) is 11.0. The highest BCUT2D eigenvalue weighted by molar-refractivity contribution is 7.18. The molecule has 0 radical (unpaired) electrons. The Hall–Kier alpha value is -2.34. The average molecular weight is 389 g/mol. The monoisotopic (exact) mass is 388 g/mol. The van der Waals surface area contributed by atoms with Gasteiger partial charge in [0.15, 0.2) is 0 Å². The summed E-state index contributed by atoms with van der Waals surface area (Å²) >= 11 is 13.8. The summed E-state index contributed by atoms with van der Waals surface area (Å²) in [7, 11) is 0. The molecule has 0 unspecified atom stereocenters. The summed E-state index contributed by atoms with van der Waals surface area (Å²) in [5.41, 5.74) is 13.5. The molecule has 126 valence electrons. The van der Waals surface area contributed by atoms with Gasteiger partial charge in [0, 0.05) is 19.8 Å². The second kappa shape index (κ2) is 7.70. The molecule has 0 amide bonds.